The first kappa shape index (κ1) is 12.5. The summed E-state index contributed by atoms with van der Waals surface area (Å²) < 4.78 is 0. The Labute approximate surface area is 95.5 Å². The van der Waals surface area contributed by atoms with Crippen LogP contribution in [-0.4, -0.2) is 10.2 Å². The molecule has 0 atom stereocenters. The number of rotatable bonds is 0. The molecule has 0 amide bonds. The summed E-state index contributed by atoms with van der Waals surface area (Å²) in [4.78, 5) is 0. The van der Waals surface area contributed by atoms with Crippen molar-refractivity contribution in [2.45, 2.75) is 0 Å². The van der Waals surface area contributed by atoms with Crippen LogP contribution in [0.3, 0.4) is 0 Å². The Morgan fingerprint density at radius 2 is 1.31 bits per heavy atom. The van der Waals surface area contributed by atoms with E-state index in [1.807, 2.05) is 0 Å². The van der Waals surface area contributed by atoms with Gasteiger partial charge in [0.05, 0.1) is 0 Å². The number of hydrogen-bond acceptors (Lipinski definition) is 2. The SMILES string of the molecule is Clc1cn[n-]c1.Clc1cn[n-]c1.[Cu+2]. The average Bonchev–Trinajstić information content (AvgIpc) is 2.63. The average molecular weight is 267 g/mol. The summed E-state index contributed by atoms with van der Waals surface area (Å²) in [6.07, 6.45) is 5.95. The second-order valence-electron chi connectivity index (χ2n) is 1.75. The minimum atomic E-state index is 0. The molecule has 0 N–H and O–H groups in total. The smallest absolute Gasteiger partial charge is 0.581 e. The molecule has 0 aliphatic carbocycles. The van der Waals surface area contributed by atoms with Gasteiger partial charge in [-0.2, -0.15) is 0 Å². The molecule has 13 heavy (non-hydrogen) atoms. The molecule has 0 aliphatic rings. The molecule has 0 fully saturated rings. The fourth-order valence-electron chi connectivity index (χ4n) is 0.421. The van der Waals surface area contributed by atoms with Crippen LogP contribution in [0.5, 0.6) is 0 Å². The van der Waals surface area contributed by atoms with Crippen LogP contribution < -0.4 is 10.2 Å². The van der Waals surface area contributed by atoms with Crippen molar-refractivity contribution >= 4 is 23.2 Å². The van der Waals surface area contributed by atoms with Crippen LogP contribution in [0.15, 0.2) is 24.8 Å². The molecule has 2 heterocycles. The monoisotopic (exact) mass is 265 g/mol. The third-order valence-corrected chi connectivity index (χ3v) is 1.25. The molecular formula is C6H4Cl2CuN4. The number of nitrogens with zero attached hydrogens (tertiary/aromatic N) is 4. The maximum atomic E-state index is 5.33. The van der Waals surface area contributed by atoms with Gasteiger partial charge in [0.15, 0.2) is 0 Å². The van der Waals surface area contributed by atoms with Gasteiger partial charge in [0, 0.05) is 22.4 Å². The molecule has 2 rings (SSSR count). The first-order valence-electron chi connectivity index (χ1n) is 2.97. The van der Waals surface area contributed by atoms with Crippen molar-refractivity contribution in [3.05, 3.63) is 34.8 Å². The Kier molecular flexibility index (Phi) is 6.72. The number of aromatic nitrogens is 4. The van der Waals surface area contributed by atoms with Gasteiger partial charge in [0.1, 0.15) is 0 Å². The molecule has 0 aromatic carbocycles. The molecule has 2 aromatic rings. The molecule has 4 nitrogen and oxygen atoms in total. The maximum absolute atomic E-state index is 5.33. The van der Waals surface area contributed by atoms with Gasteiger partial charge < -0.3 is 20.4 Å². The van der Waals surface area contributed by atoms with E-state index in [1.54, 1.807) is 0 Å². The molecule has 0 spiro atoms. The molecule has 0 unspecified atom stereocenters. The van der Waals surface area contributed by atoms with Crippen molar-refractivity contribution in [3.63, 3.8) is 0 Å². The first-order valence-corrected chi connectivity index (χ1v) is 3.72. The Morgan fingerprint density at radius 1 is 0.923 bits per heavy atom. The van der Waals surface area contributed by atoms with E-state index in [1.165, 1.54) is 24.8 Å². The van der Waals surface area contributed by atoms with E-state index in [2.05, 4.69) is 20.4 Å². The maximum Gasteiger partial charge on any atom is 2.00 e. The molecule has 0 saturated heterocycles. The molecule has 2 aromatic heterocycles. The van der Waals surface area contributed by atoms with E-state index in [4.69, 9.17) is 23.2 Å². The predicted octanol–water partition coefficient (Wildman–Crippen LogP) is 1.38. The van der Waals surface area contributed by atoms with E-state index < -0.39 is 0 Å². The minimum absolute atomic E-state index is 0. The van der Waals surface area contributed by atoms with Crippen LogP contribution in [0.1, 0.15) is 0 Å². The Hall–Kier alpha value is -0.481. The molecular weight excluding hydrogens is 263 g/mol. The van der Waals surface area contributed by atoms with Crippen LogP contribution in [0.2, 0.25) is 10.0 Å². The van der Waals surface area contributed by atoms with E-state index in [0.717, 1.165) is 0 Å². The topological polar surface area (TPSA) is 54.0 Å². The van der Waals surface area contributed by atoms with Crippen LogP contribution >= 0.6 is 23.2 Å². The Morgan fingerprint density at radius 3 is 1.38 bits per heavy atom. The summed E-state index contributed by atoms with van der Waals surface area (Å²) in [5.74, 6) is 0. The van der Waals surface area contributed by atoms with Crippen molar-refractivity contribution in [1.29, 1.82) is 0 Å². The predicted molar refractivity (Wildman–Crippen MR) is 45.1 cm³/mol. The summed E-state index contributed by atoms with van der Waals surface area (Å²) in [7, 11) is 0. The zero-order chi connectivity index (χ0) is 8.81. The molecule has 1 radical (unpaired) electrons. The summed E-state index contributed by atoms with van der Waals surface area (Å²) in [6.45, 7) is 0. The van der Waals surface area contributed by atoms with Crippen LogP contribution in [-0.2, 0) is 17.1 Å². The Balaban J connectivity index is 0.000000206. The van der Waals surface area contributed by atoms with E-state index in [-0.39, 0.29) is 17.1 Å². The van der Waals surface area contributed by atoms with Gasteiger partial charge in [-0.25, -0.2) is 0 Å². The van der Waals surface area contributed by atoms with Gasteiger partial charge in [0.2, 0.25) is 0 Å². The summed E-state index contributed by atoms with van der Waals surface area (Å²) in [5, 5.41) is 14.9. The summed E-state index contributed by atoms with van der Waals surface area (Å²) >= 11 is 10.7. The number of hydrogen-bond donors (Lipinski definition) is 0. The molecule has 0 bridgehead atoms. The zero-order valence-corrected chi connectivity index (χ0v) is 8.61. The minimum Gasteiger partial charge on any atom is -0.581 e. The molecule has 7 heteroatoms. The quantitative estimate of drug-likeness (QED) is 0.676. The normalized spacial score (nSPS) is 8.15. The standard InChI is InChI=1S/2C3H2ClN2.Cu/c2*4-3-1-5-6-2-3;/h2*1-2H;/q2*-1;+2. The van der Waals surface area contributed by atoms with Crippen LogP contribution in [0.4, 0.5) is 0 Å². The van der Waals surface area contributed by atoms with Gasteiger partial charge >= 0.3 is 17.1 Å². The van der Waals surface area contributed by atoms with Gasteiger partial charge in [-0.05, 0) is 0 Å². The Bertz CT molecular complexity index is 262. The third-order valence-electron chi connectivity index (χ3n) is 0.858. The summed E-state index contributed by atoms with van der Waals surface area (Å²) in [5.41, 5.74) is 0. The number of halogens is 2. The zero-order valence-electron chi connectivity index (χ0n) is 6.16. The van der Waals surface area contributed by atoms with E-state index in [9.17, 15) is 0 Å². The molecule has 0 saturated carbocycles. The van der Waals surface area contributed by atoms with E-state index in [0.29, 0.717) is 10.0 Å². The van der Waals surface area contributed by atoms with Crippen molar-refractivity contribution in [3.8, 4) is 0 Å². The van der Waals surface area contributed by atoms with Gasteiger partial charge in [-0.1, -0.05) is 23.2 Å². The fourth-order valence-corrected chi connectivity index (χ4v) is 0.595. The largest absolute Gasteiger partial charge is 2.00 e. The fraction of sp³-hybridized carbons (Fsp3) is 0. The van der Waals surface area contributed by atoms with Gasteiger partial charge in [-0.3, -0.25) is 0 Å². The van der Waals surface area contributed by atoms with Crippen molar-refractivity contribution in [1.82, 2.24) is 20.4 Å². The van der Waals surface area contributed by atoms with Crippen molar-refractivity contribution in [2.75, 3.05) is 0 Å². The van der Waals surface area contributed by atoms with Gasteiger partial charge in [-0.15, -0.1) is 12.4 Å². The summed E-state index contributed by atoms with van der Waals surface area (Å²) in [6, 6.07) is 0. The van der Waals surface area contributed by atoms with Crippen LogP contribution in [0.25, 0.3) is 0 Å². The second-order valence-corrected chi connectivity index (χ2v) is 2.62. The van der Waals surface area contributed by atoms with Crippen LogP contribution in [0, 0.1) is 0 Å². The molecule has 0 aliphatic heterocycles. The first-order chi connectivity index (χ1) is 5.79. The molecule has 73 valence electrons. The second kappa shape index (κ2) is 6.97. The third kappa shape index (κ3) is 5.71. The van der Waals surface area contributed by atoms with Gasteiger partial charge in [0.25, 0.3) is 0 Å². The van der Waals surface area contributed by atoms with Crippen molar-refractivity contribution < 1.29 is 17.1 Å². The van der Waals surface area contributed by atoms with E-state index >= 15 is 0 Å². The van der Waals surface area contributed by atoms with Crippen molar-refractivity contribution in [2.24, 2.45) is 0 Å².